The Hall–Kier alpha value is -0.810. The summed E-state index contributed by atoms with van der Waals surface area (Å²) < 4.78 is 0. The highest BCUT2D eigenvalue weighted by molar-refractivity contribution is 5.85. The second-order valence-corrected chi connectivity index (χ2v) is 4.60. The minimum Gasteiger partial charge on any atom is -0.370 e. The van der Waals surface area contributed by atoms with Crippen molar-refractivity contribution in [1.29, 1.82) is 0 Å². The van der Waals surface area contributed by atoms with Crippen molar-refractivity contribution in [1.82, 2.24) is 4.90 Å². The van der Waals surface area contributed by atoms with E-state index in [2.05, 4.69) is 0 Å². The van der Waals surface area contributed by atoms with Crippen LogP contribution in [0.2, 0.25) is 0 Å². The Labute approximate surface area is 108 Å². The lowest BCUT2D eigenvalue weighted by molar-refractivity contribution is -0.137. The number of rotatable bonds is 4. The van der Waals surface area contributed by atoms with Crippen molar-refractivity contribution >= 4 is 24.2 Å². The van der Waals surface area contributed by atoms with Crippen molar-refractivity contribution in [3.63, 3.8) is 0 Å². The minimum atomic E-state index is -0.286. The van der Waals surface area contributed by atoms with Gasteiger partial charge in [-0.25, -0.2) is 0 Å². The molecule has 0 saturated carbocycles. The molecule has 0 aliphatic carbocycles. The fourth-order valence-corrected chi connectivity index (χ4v) is 2.13. The van der Waals surface area contributed by atoms with Crippen LogP contribution in [0.4, 0.5) is 0 Å². The molecule has 0 bridgehead atoms. The number of likely N-dealkylation sites (tertiary alicyclic amines) is 1. The van der Waals surface area contributed by atoms with Gasteiger partial charge in [0, 0.05) is 32.0 Å². The number of nitrogens with zero attached hydrogens (tertiary/aromatic N) is 1. The summed E-state index contributed by atoms with van der Waals surface area (Å²) in [7, 11) is 0. The molecule has 0 aromatic carbocycles. The van der Waals surface area contributed by atoms with E-state index in [1.54, 1.807) is 0 Å². The van der Waals surface area contributed by atoms with Gasteiger partial charge < -0.3 is 16.4 Å². The summed E-state index contributed by atoms with van der Waals surface area (Å²) in [5.74, 6) is -0.102. The molecule has 1 rings (SSSR count). The zero-order chi connectivity index (χ0) is 12.1. The molecule has 1 saturated heterocycles. The zero-order valence-corrected chi connectivity index (χ0v) is 11.0. The van der Waals surface area contributed by atoms with Gasteiger partial charge in [-0.15, -0.1) is 12.4 Å². The summed E-state index contributed by atoms with van der Waals surface area (Å²) in [6.07, 6.45) is 2.30. The second-order valence-electron chi connectivity index (χ2n) is 4.60. The average molecular weight is 264 g/mol. The van der Waals surface area contributed by atoms with Crippen molar-refractivity contribution < 1.29 is 9.59 Å². The van der Waals surface area contributed by atoms with Crippen LogP contribution in [0.25, 0.3) is 0 Å². The molecule has 2 atom stereocenters. The number of hydrogen-bond donors (Lipinski definition) is 2. The summed E-state index contributed by atoms with van der Waals surface area (Å²) in [6, 6.07) is 0. The molecule has 4 N–H and O–H groups in total. The first-order chi connectivity index (χ1) is 7.54. The number of carbonyl (C=O) groups is 2. The quantitative estimate of drug-likeness (QED) is 0.755. The van der Waals surface area contributed by atoms with Gasteiger partial charge in [-0.05, 0) is 18.8 Å². The highest BCUT2D eigenvalue weighted by atomic mass is 35.5. The van der Waals surface area contributed by atoms with Crippen molar-refractivity contribution in [3.05, 3.63) is 0 Å². The van der Waals surface area contributed by atoms with Crippen molar-refractivity contribution in [2.45, 2.75) is 26.2 Å². The van der Waals surface area contributed by atoms with E-state index in [0.29, 0.717) is 19.5 Å². The first-order valence-corrected chi connectivity index (χ1v) is 5.81. The Morgan fingerprint density at radius 1 is 1.47 bits per heavy atom. The first kappa shape index (κ1) is 16.2. The van der Waals surface area contributed by atoms with E-state index in [9.17, 15) is 9.59 Å². The van der Waals surface area contributed by atoms with Crippen LogP contribution in [-0.2, 0) is 9.59 Å². The summed E-state index contributed by atoms with van der Waals surface area (Å²) in [6.45, 7) is 3.63. The van der Waals surface area contributed by atoms with E-state index in [1.165, 1.54) is 0 Å². The molecule has 0 aromatic rings. The number of carbonyl (C=O) groups excluding carboxylic acids is 2. The van der Waals surface area contributed by atoms with Crippen LogP contribution in [0.3, 0.4) is 0 Å². The van der Waals surface area contributed by atoms with E-state index >= 15 is 0 Å². The van der Waals surface area contributed by atoms with Gasteiger partial charge in [0.15, 0.2) is 0 Å². The zero-order valence-electron chi connectivity index (χ0n) is 10.2. The molecule has 0 spiro atoms. The van der Waals surface area contributed by atoms with E-state index in [4.69, 9.17) is 11.5 Å². The lowest BCUT2D eigenvalue weighted by Crippen LogP contribution is -2.44. The summed E-state index contributed by atoms with van der Waals surface area (Å²) in [4.78, 5) is 24.5. The smallest absolute Gasteiger partial charge is 0.226 e. The molecule has 0 radical (unpaired) electrons. The molecule has 6 heteroatoms. The van der Waals surface area contributed by atoms with Gasteiger partial charge in [0.1, 0.15) is 0 Å². The largest absolute Gasteiger partial charge is 0.370 e. The van der Waals surface area contributed by atoms with E-state index in [1.807, 2.05) is 11.8 Å². The molecule has 1 fully saturated rings. The molecule has 17 heavy (non-hydrogen) atoms. The fourth-order valence-electron chi connectivity index (χ4n) is 2.13. The molecule has 2 amide bonds. The number of amides is 2. The first-order valence-electron chi connectivity index (χ1n) is 5.81. The van der Waals surface area contributed by atoms with Crippen LogP contribution in [0.15, 0.2) is 0 Å². The van der Waals surface area contributed by atoms with Crippen LogP contribution in [-0.4, -0.2) is 36.3 Å². The number of piperidine rings is 1. The third-order valence-electron chi connectivity index (χ3n) is 3.10. The van der Waals surface area contributed by atoms with Crippen LogP contribution in [0.5, 0.6) is 0 Å². The maximum Gasteiger partial charge on any atom is 0.226 e. The Bertz CT molecular complexity index is 273. The lowest BCUT2D eigenvalue weighted by Gasteiger charge is -2.33. The Morgan fingerprint density at radius 3 is 2.65 bits per heavy atom. The van der Waals surface area contributed by atoms with Gasteiger partial charge in [0.05, 0.1) is 0 Å². The van der Waals surface area contributed by atoms with Crippen molar-refractivity contribution in [2.75, 3.05) is 19.6 Å². The predicted octanol–water partition coefficient (Wildman–Crippen LogP) is 0.117. The summed E-state index contributed by atoms with van der Waals surface area (Å²) in [5, 5.41) is 0. The van der Waals surface area contributed by atoms with Crippen molar-refractivity contribution in [3.8, 4) is 0 Å². The fraction of sp³-hybridized carbons (Fsp3) is 0.818. The molecule has 1 heterocycles. The predicted molar refractivity (Wildman–Crippen MR) is 68.6 cm³/mol. The lowest BCUT2D eigenvalue weighted by atomic mass is 9.93. The van der Waals surface area contributed by atoms with E-state index in [-0.39, 0.29) is 36.1 Å². The number of nitrogens with two attached hydrogens (primary N) is 2. The van der Waals surface area contributed by atoms with Gasteiger partial charge >= 0.3 is 0 Å². The van der Waals surface area contributed by atoms with E-state index in [0.717, 1.165) is 19.4 Å². The molecule has 1 aliphatic rings. The topological polar surface area (TPSA) is 89.4 Å². The second kappa shape index (κ2) is 7.50. The standard InChI is InChI=1S/C11H21N3O2.ClH/c1-8(6-12)11(16)14-4-2-3-9(7-14)5-10(13)15;/h8-9H,2-7,12H2,1H3,(H2,13,15);1H. The SMILES string of the molecule is CC(CN)C(=O)N1CCCC(CC(N)=O)C1.Cl. The number of halogens is 1. The van der Waals surface area contributed by atoms with Gasteiger partial charge in [-0.2, -0.15) is 0 Å². The van der Waals surface area contributed by atoms with Gasteiger partial charge in [0.2, 0.25) is 11.8 Å². The monoisotopic (exact) mass is 263 g/mol. The molecule has 100 valence electrons. The Kier molecular flexibility index (Phi) is 7.15. The normalized spacial score (nSPS) is 21.5. The van der Waals surface area contributed by atoms with Crippen molar-refractivity contribution in [2.24, 2.45) is 23.3 Å². The highest BCUT2D eigenvalue weighted by Gasteiger charge is 2.26. The molecule has 5 nitrogen and oxygen atoms in total. The Balaban J connectivity index is 0.00000256. The van der Waals surface area contributed by atoms with Crippen LogP contribution >= 0.6 is 12.4 Å². The maximum atomic E-state index is 11.9. The molecule has 2 unspecified atom stereocenters. The van der Waals surface area contributed by atoms with Gasteiger partial charge in [0.25, 0.3) is 0 Å². The summed E-state index contributed by atoms with van der Waals surface area (Å²) in [5.41, 5.74) is 10.6. The molecule has 1 aliphatic heterocycles. The van der Waals surface area contributed by atoms with Gasteiger partial charge in [-0.3, -0.25) is 9.59 Å². The molecular weight excluding hydrogens is 242 g/mol. The molecule has 0 aromatic heterocycles. The average Bonchev–Trinajstić information content (AvgIpc) is 2.26. The molecular formula is C11H22ClN3O2. The Morgan fingerprint density at radius 2 is 2.12 bits per heavy atom. The third kappa shape index (κ3) is 4.91. The third-order valence-corrected chi connectivity index (χ3v) is 3.10. The maximum absolute atomic E-state index is 11.9. The van der Waals surface area contributed by atoms with Crippen LogP contribution < -0.4 is 11.5 Å². The highest BCUT2D eigenvalue weighted by Crippen LogP contribution is 2.20. The number of hydrogen-bond acceptors (Lipinski definition) is 3. The van der Waals surface area contributed by atoms with Gasteiger partial charge in [-0.1, -0.05) is 6.92 Å². The van der Waals surface area contributed by atoms with E-state index < -0.39 is 0 Å². The van der Waals surface area contributed by atoms with Crippen LogP contribution in [0, 0.1) is 11.8 Å². The van der Waals surface area contributed by atoms with Crippen LogP contribution in [0.1, 0.15) is 26.2 Å². The summed E-state index contributed by atoms with van der Waals surface area (Å²) >= 11 is 0. The minimum absolute atomic E-state index is 0. The number of primary amides is 1.